The number of benzene rings is 1. The average molecular weight is 464 g/mol. The lowest BCUT2D eigenvalue weighted by Gasteiger charge is -2.30. The van der Waals surface area contributed by atoms with Gasteiger partial charge in [0.25, 0.3) is 0 Å². The standard InChI is InChI=1S/C19H21ClF3N3O3S/c1-2-16-17(20)18(25-11-24-16)26-14-7-3-12(4-8-14)13-5-9-15(10-6-13)29-30(27,28)19(21,22)23/h5-6,9-12,14H,2-4,7-8H2,1H3,(H,24,25,26). The molecule has 164 valence electrons. The van der Waals surface area contributed by atoms with E-state index in [2.05, 4.69) is 19.5 Å². The van der Waals surface area contributed by atoms with Gasteiger partial charge in [-0.05, 0) is 55.7 Å². The first-order valence-electron chi connectivity index (χ1n) is 9.47. The van der Waals surface area contributed by atoms with E-state index in [0.717, 1.165) is 36.9 Å². The fourth-order valence-electron chi connectivity index (χ4n) is 3.49. The highest BCUT2D eigenvalue weighted by atomic mass is 35.5. The molecule has 0 saturated heterocycles. The molecule has 11 heteroatoms. The second-order valence-electron chi connectivity index (χ2n) is 7.08. The Hall–Kier alpha value is -2.07. The molecule has 0 aliphatic heterocycles. The molecule has 0 unspecified atom stereocenters. The number of nitrogens with zero attached hydrogens (tertiary/aromatic N) is 2. The van der Waals surface area contributed by atoms with Gasteiger partial charge < -0.3 is 9.50 Å². The van der Waals surface area contributed by atoms with Crippen molar-refractivity contribution in [2.75, 3.05) is 5.32 Å². The van der Waals surface area contributed by atoms with Crippen LogP contribution in [0.2, 0.25) is 5.02 Å². The van der Waals surface area contributed by atoms with Crippen LogP contribution < -0.4 is 9.50 Å². The molecule has 1 aromatic heterocycles. The van der Waals surface area contributed by atoms with Crippen LogP contribution in [0.4, 0.5) is 19.0 Å². The third kappa shape index (κ3) is 5.15. The summed E-state index contributed by atoms with van der Waals surface area (Å²) in [7, 11) is -5.66. The maximum absolute atomic E-state index is 12.4. The molecule has 0 bridgehead atoms. The van der Waals surface area contributed by atoms with Crippen molar-refractivity contribution in [3.8, 4) is 5.75 Å². The van der Waals surface area contributed by atoms with Gasteiger partial charge in [-0.3, -0.25) is 0 Å². The van der Waals surface area contributed by atoms with E-state index in [1.54, 1.807) is 12.1 Å². The van der Waals surface area contributed by atoms with Crippen molar-refractivity contribution < 1.29 is 25.8 Å². The van der Waals surface area contributed by atoms with E-state index in [4.69, 9.17) is 11.6 Å². The number of hydrogen-bond donors (Lipinski definition) is 1. The van der Waals surface area contributed by atoms with Gasteiger partial charge in [-0.1, -0.05) is 30.7 Å². The Labute approximate surface area is 178 Å². The molecule has 0 spiro atoms. The van der Waals surface area contributed by atoms with Gasteiger partial charge in [0, 0.05) is 6.04 Å². The highest BCUT2D eigenvalue weighted by molar-refractivity contribution is 7.88. The third-order valence-electron chi connectivity index (χ3n) is 5.11. The van der Waals surface area contributed by atoms with E-state index in [-0.39, 0.29) is 17.7 Å². The van der Waals surface area contributed by atoms with Crippen LogP contribution in [0, 0.1) is 0 Å². The number of aryl methyl sites for hydroxylation is 1. The van der Waals surface area contributed by atoms with E-state index in [1.807, 2.05) is 6.92 Å². The summed E-state index contributed by atoms with van der Waals surface area (Å²) in [6.45, 7) is 1.97. The average Bonchev–Trinajstić information content (AvgIpc) is 2.70. The third-order valence-corrected chi connectivity index (χ3v) is 6.48. The molecule has 1 fully saturated rings. The Bertz CT molecular complexity index is 977. The molecule has 1 aliphatic carbocycles. The summed E-state index contributed by atoms with van der Waals surface area (Å²) in [6, 6.07) is 5.91. The van der Waals surface area contributed by atoms with Crippen molar-refractivity contribution in [3.05, 3.63) is 46.9 Å². The first-order chi connectivity index (χ1) is 14.1. The molecule has 1 aliphatic rings. The fourth-order valence-corrected chi connectivity index (χ4v) is 4.23. The van der Waals surface area contributed by atoms with Crippen LogP contribution in [-0.4, -0.2) is 29.9 Å². The van der Waals surface area contributed by atoms with Crippen molar-refractivity contribution in [2.24, 2.45) is 0 Å². The van der Waals surface area contributed by atoms with Crippen molar-refractivity contribution >= 4 is 27.5 Å². The largest absolute Gasteiger partial charge is 0.534 e. The van der Waals surface area contributed by atoms with Gasteiger partial charge >= 0.3 is 15.6 Å². The summed E-state index contributed by atoms with van der Waals surface area (Å²) in [5.41, 5.74) is -3.74. The first-order valence-corrected chi connectivity index (χ1v) is 11.3. The molecule has 1 N–H and O–H groups in total. The van der Waals surface area contributed by atoms with Crippen LogP contribution in [0.15, 0.2) is 30.6 Å². The van der Waals surface area contributed by atoms with Crippen LogP contribution in [0.25, 0.3) is 0 Å². The van der Waals surface area contributed by atoms with E-state index >= 15 is 0 Å². The number of rotatable bonds is 6. The van der Waals surface area contributed by atoms with Gasteiger partial charge in [-0.15, -0.1) is 0 Å². The van der Waals surface area contributed by atoms with Crippen LogP contribution >= 0.6 is 11.6 Å². The predicted molar refractivity (Wildman–Crippen MR) is 107 cm³/mol. The molecule has 0 amide bonds. The van der Waals surface area contributed by atoms with Crippen molar-refractivity contribution in [2.45, 2.75) is 56.5 Å². The molecule has 30 heavy (non-hydrogen) atoms. The van der Waals surface area contributed by atoms with Gasteiger partial charge in [0.05, 0.1) is 5.69 Å². The first kappa shape index (κ1) is 22.6. The van der Waals surface area contributed by atoms with Crippen LogP contribution in [-0.2, 0) is 16.5 Å². The highest BCUT2D eigenvalue weighted by Gasteiger charge is 2.48. The minimum absolute atomic E-state index is 0.206. The zero-order chi connectivity index (χ0) is 21.9. The second-order valence-corrected chi connectivity index (χ2v) is 9.00. The molecule has 2 aromatic rings. The van der Waals surface area contributed by atoms with Crippen molar-refractivity contribution in [1.29, 1.82) is 0 Å². The molecular weight excluding hydrogens is 443 g/mol. The van der Waals surface area contributed by atoms with Crippen molar-refractivity contribution in [1.82, 2.24) is 9.97 Å². The quantitative estimate of drug-likeness (QED) is 0.476. The number of halogens is 4. The maximum Gasteiger partial charge on any atom is 0.534 e. The van der Waals surface area contributed by atoms with E-state index < -0.39 is 15.6 Å². The Morgan fingerprint density at radius 2 is 1.77 bits per heavy atom. The van der Waals surface area contributed by atoms with Gasteiger partial charge in [0.1, 0.15) is 22.9 Å². The Morgan fingerprint density at radius 3 is 2.33 bits per heavy atom. The van der Waals surface area contributed by atoms with Gasteiger partial charge in [0.2, 0.25) is 0 Å². The lowest BCUT2D eigenvalue weighted by atomic mass is 9.82. The van der Waals surface area contributed by atoms with Crippen molar-refractivity contribution in [3.63, 3.8) is 0 Å². The zero-order valence-corrected chi connectivity index (χ0v) is 17.7. The predicted octanol–water partition coefficient (Wildman–Crippen LogP) is 5.06. The summed E-state index contributed by atoms with van der Waals surface area (Å²) in [5, 5.41) is 3.90. The molecule has 3 rings (SSSR count). The van der Waals surface area contributed by atoms with Crippen LogP contribution in [0.1, 0.15) is 49.8 Å². The molecular formula is C19H21ClF3N3O3S. The smallest absolute Gasteiger partial charge is 0.376 e. The molecule has 1 aromatic carbocycles. The Kier molecular flexibility index (Phi) is 6.76. The van der Waals surface area contributed by atoms with Gasteiger partial charge in [0.15, 0.2) is 0 Å². The zero-order valence-electron chi connectivity index (χ0n) is 16.1. The van der Waals surface area contributed by atoms with E-state index in [1.165, 1.54) is 18.5 Å². The number of nitrogens with one attached hydrogen (secondary N) is 1. The van der Waals surface area contributed by atoms with Gasteiger partial charge in [-0.25, -0.2) is 9.97 Å². The van der Waals surface area contributed by atoms with E-state index in [9.17, 15) is 21.6 Å². The summed E-state index contributed by atoms with van der Waals surface area (Å²) < 4.78 is 63.5. The normalized spacial score (nSPS) is 20.0. The van der Waals surface area contributed by atoms with Crippen LogP contribution in [0.5, 0.6) is 5.75 Å². The highest BCUT2D eigenvalue weighted by Crippen LogP contribution is 2.36. The lowest BCUT2D eigenvalue weighted by molar-refractivity contribution is -0.0500. The minimum Gasteiger partial charge on any atom is -0.376 e. The Morgan fingerprint density at radius 1 is 1.13 bits per heavy atom. The van der Waals surface area contributed by atoms with E-state index in [0.29, 0.717) is 17.3 Å². The molecule has 1 heterocycles. The summed E-state index contributed by atoms with van der Waals surface area (Å²) in [4.78, 5) is 8.37. The number of hydrogen-bond acceptors (Lipinski definition) is 6. The fraction of sp³-hybridized carbons (Fsp3) is 0.474. The second kappa shape index (κ2) is 8.97. The topological polar surface area (TPSA) is 81.2 Å². The summed E-state index contributed by atoms with van der Waals surface area (Å²) >= 11 is 6.33. The monoisotopic (exact) mass is 463 g/mol. The number of alkyl halides is 3. The summed E-state index contributed by atoms with van der Waals surface area (Å²) in [5.74, 6) is 0.485. The number of anilines is 1. The molecule has 0 radical (unpaired) electrons. The SMILES string of the molecule is CCc1ncnc(NC2CCC(c3ccc(OS(=O)(=O)C(F)(F)F)cc3)CC2)c1Cl. The molecule has 6 nitrogen and oxygen atoms in total. The Balaban J connectivity index is 1.58. The minimum atomic E-state index is -5.66. The lowest BCUT2D eigenvalue weighted by Crippen LogP contribution is -2.28. The number of aromatic nitrogens is 2. The van der Waals surface area contributed by atoms with Gasteiger partial charge in [-0.2, -0.15) is 21.6 Å². The molecule has 1 saturated carbocycles. The molecule has 0 atom stereocenters. The maximum atomic E-state index is 12.4. The van der Waals surface area contributed by atoms with Crippen LogP contribution in [0.3, 0.4) is 0 Å². The summed E-state index contributed by atoms with van der Waals surface area (Å²) in [6.07, 6.45) is 5.67.